The number of benzene rings is 1. The molecule has 1 heterocycles. The predicted molar refractivity (Wildman–Crippen MR) is 84.5 cm³/mol. The molecule has 0 unspecified atom stereocenters. The van der Waals surface area contributed by atoms with E-state index in [0.29, 0.717) is 22.3 Å². The Bertz CT molecular complexity index is 674. The van der Waals surface area contributed by atoms with E-state index in [1.807, 2.05) is 0 Å². The van der Waals surface area contributed by atoms with Gasteiger partial charge >= 0.3 is 0 Å². The molecule has 110 valence electrons. The molecule has 0 saturated heterocycles. The first kappa shape index (κ1) is 15.3. The summed E-state index contributed by atoms with van der Waals surface area (Å²) in [5.74, 6) is 0.0684. The molecule has 0 radical (unpaired) electrons. The second-order valence-electron chi connectivity index (χ2n) is 4.31. The second-order valence-corrected chi connectivity index (χ2v) is 5.12. The molecule has 0 bridgehead atoms. The third-order valence-electron chi connectivity index (χ3n) is 2.97. The Morgan fingerprint density at radius 2 is 2.19 bits per heavy atom. The number of pyridine rings is 1. The molecule has 21 heavy (non-hydrogen) atoms. The first-order valence-corrected chi connectivity index (χ1v) is 7.17. The molecule has 2 N–H and O–H groups in total. The fraction of sp³-hybridized carbons (Fsp3) is 0.200. The van der Waals surface area contributed by atoms with E-state index >= 15 is 0 Å². The summed E-state index contributed by atoms with van der Waals surface area (Å²) in [6.07, 6.45) is 1.99. The number of halogens is 1. The summed E-state index contributed by atoms with van der Waals surface area (Å²) in [5, 5.41) is 13.1. The van der Waals surface area contributed by atoms with Gasteiger partial charge in [-0.3, -0.25) is 4.79 Å². The van der Waals surface area contributed by atoms with Crippen LogP contribution in [-0.4, -0.2) is 23.1 Å². The third kappa shape index (κ3) is 3.33. The minimum absolute atomic E-state index is 0.0236. The van der Waals surface area contributed by atoms with Gasteiger partial charge < -0.3 is 15.2 Å². The van der Waals surface area contributed by atoms with Gasteiger partial charge in [-0.15, -0.1) is 0 Å². The van der Waals surface area contributed by atoms with Gasteiger partial charge in [-0.05, 0) is 45.8 Å². The van der Waals surface area contributed by atoms with Crippen LogP contribution in [0.15, 0.2) is 35.1 Å². The lowest BCUT2D eigenvalue weighted by atomic mass is 10.0. The number of rotatable bonds is 4. The smallest absolute Gasteiger partial charge is 0.224 e. The van der Waals surface area contributed by atoms with Crippen LogP contribution >= 0.6 is 15.9 Å². The van der Waals surface area contributed by atoms with Gasteiger partial charge in [0, 0.05) is 18.2 Å². The van der Waals surface area contributed by atoms with Crippen molar-refractivity contribution in [3.05, 3.63) is 35.1 Å². The molecule has 0 saturated carbocycles. The molecule has 0 atom stereocenters. The SMILES string of the molecule is CCC(=O)Nc1ccc(-c2ccnc(Br)c2)c(O)c1OC. The van der Waals surface area contributed by atoms with Gasteiger partial charge in [-0.2, -0.15) is 0 Å². The Kier molecular flexibility index (Phi) is 4.80. The van der Waals surface area contributed by atoms with Gasteiger partial charge in [-0.1, -0.05) is 6.92 Å². The standard InChI is InChI=1S/C15H15BrN2O3/c1-3-13(19)18-11-5-4-10(14(20)15(11)21-2)9-6-7-17-12(16)8-9/h4-8,20H,3H2,1-2H3,(H,18,19). The molecule has 1 aromatic carbocycles. The van der Waals surface area contributed by atoms with Gasteiger partial charge in [-0.25, -0.2) is 4.98 Å². The zero-order valence-corrected chi connectivity index (χ0v) is 13.3. The van der Waals surface area contributed by atoms with Gasteiger partial charge in [0.15, 0.2) is 11.5 Å². The van der Waals surface area contributed by atoms with E-state index in [1.54, 1.807) is 37.4 Å². The molecule has 2 aromatic rings. The maximum Gasteiger partial charge on any atom is 0.224 e. The summed E-state index contributed by atoms with van der Waals surface area (Å²) in [6.45, 7) is 1.75. The van der Waals surface area contributed by atoms with Crippen LogP contribution in [0.25, 0.3) is 11.1 Å². The molecule has 0 aliphatic carbocycles. The molecule has 0 aliphatic rings. The number of nitrogens with zero attached hydrogens (tertiary/aromatic N) is 1. The zero-order valence-electron chi connectivity index (χ0n) is 11.7. The Morgan fingerprint density at radius 1 is 1.43 bits per heavy atom. The van der Waals surface area contributed by atoms with Crippen LogP contribution in [0.3, 0.4) is 0 Å². The molecule has 5 nitrogen and oxygen atoms in total. The lowest BCUT2D eigenvalue weighted by molar-refractivity contribution is -0.115. The van der Waals surface area contributed by atoms with Crippen molar-refractivity contribution in [2.75, 3.05) is 12.4 Å². The lowest BCUT2D eigenvalue weighted by Crippen LogP contribution is -2.10. The topological polar surface area (TPSA) is 71.5 Å². The Balaban J connectivity index is 2.49. The number of phenolic OH excluding ortho intramolecular Hbond substituents is 1. The number of hydrogen-bond acceptors (Lipinski definition) is 4. The van der Waals surface area contributed by atoms with Crippen molar-refractivity contribution in [1.82, 2.24) is 4.98 Å². The van der Waals surface area contributed by atoms with Crippen LogP contribution in [0, 0.1) is 0 Å². The average Bonchev–Trinajstić information content (AvgIpc) is 2.47. The molecule has 0 aliphatic heterocycles. The molecule has 1 amide bonds. The number of aromatic hydroxyl groups is 1. The van der Waals surface area contributed by atoms with Crippen molar-refractivity contribution in [2.24, 2.45) is 0 Å². The Morgan fingerprint density at radius 3 is 2.81 bits per heavy atom. The number of amides is 1. The highest BCUT2D eigenvalue weighted by atomic mass is 79.9. The monoisotopic (exact) mass is 350 g/mol. The zero-order chi connectivity index (χ0) is 15.4. The molecular formula is C15H15BrN2O3. The highest BCUT2D eigenvalue weighted by Gasteiger charge is 2.16. The van der Waals surface area contributed by atoms with Crippen molar-refractivity contribution < 1.29 is 14.6 Å². The number of anilines is 1. The van der Waals surface area contributed by atoms with Crippen LogP contribution in [0.1, 0.15) is 13.3 Å². The molecule has 2 rings (SSSR count). The number of carbonyl (C=O) groups excluding carboxylic acids is 1. The van der Waals surface area contributed by atoms with Crippen LogP contribution in [0.5, 0.6) is 11.5 Å². The Hall–Kier alpha value is -2.08. The van der Waals surface area contributed by atoms with E-state index in [4.69, 9.17) is 4.74 Å². The number of phenols is 1. The highest BCUT2D eigenvalue weighted by molar-refractivity contribution is 9.10. The van der Waals surface area contributed by atoms with Gasteiger partial charge in [0.2, 0.25) is 5.91 Å². The fourth-order valence-corrected chi connectivity index (χ4v) is 2.28. The summed E-state index contributed by atoms with van der Waals surface area (Å²) < 4.78 is 5.89. The molecule has 0 spiro atoms. The van der Waals surface area contributed by atoms with Crippen LogP contribution in [0.4, 0.5) is 5.69 Å². The molecule has 1 aromatic heterocycles. The highest BCUT2D eigenvalue weighted by Crippen LogP contribution is 2.42. The molecule has 0 fully saturated rings. The van der Waals surface area contributed by atoms with Crippen LogP contribution in [0.2, 0.25) is 0 Å². The van der Waals surface area contributed by atoms with Gasteiger partial charge in [0.1, 0.15) is 4.60 Å². The number of methoxy groups -OCH3 is 1. The van der Waals surface area contributed by atoms with Crippen molar-refractivity contribution >= 4 is 27.5 Å². The number of carbonyl (C=O) groups is 1. The Labute approximate surface area is 131 Å². The second kappa shape index (κ2) is 6.58. The maximum absolute atomic E-state index is 11.5. The fourth-order valence-electron chi connectivity index (χ4n) is 1.92. The third-order valence-corrected chi connectivity index (χ3v) is 3.40. The summed E-state index contributed by atoms with van der Waals surface area (Å²) in [6, 6.07) is 7.00. The van der Waals surface area contributed by atoms with Crippen LogP contribution < -0.4 is 10.1 Å². The largest absolute Gasteiger partial charge is 0.504 e. The van der Waals surface area contributed by atoms with E-state index in [0.717, 1.165) is 5.56 Å². The van der Waals surface area contributed by atoms with E-state index in [-0.39, 0.29) is 17.4 Å². The first-order valence-electron chi connectivity index (χ1n) is 6.38. The summed E-state index contributed by atoms with van der Waals surface area (Å²) in [4.78, 5) is 15.5. The quantitative estimate of drug-likeness (QED) is 0.826. The minimum Gasteiger partial charge on any atom is -0.504 e. The number of aromatic nitrogens is 1. The van der Waals surface area contributed by atoms with E-state index in [1.165, 1.54) is 7.11 Å². The van der Waals surface area contributed by atoms with E-state index in [9.17, 15) is 9.90 Å². The number of ether oxygens (including phenoxy) is 1. The summed E-state index contributed by atoms with van der Waals surface area (Å²) in [5.41, 5.74) is 1.84. The number of hydrogen-bond donors (Lipinski definition) is 2. The van der Waals surface area contributed by atoms with Crippen molar-refractivity contribution in [3.8, 4) is 22.6 Å². The van der Waals surface area contributed by atoms with Crippen molar-refractivity contribution in [3.63, 3.8) is 0 Å². The van der Waals surface area contributed by atoms with E-state index in [2.05, 4.69) is 26.2 Å². The lowest BCUT2D eigenvalue weighted by Gasteiger charge is -2.14. The maximum atomic E-state index is 11.5. The first-order chi connectivity index (χ1) is 10.1. The van der Waals surface area contributed by atoms with Crippen LogP contribution in [-0.2, 0) is 4.79 Å². The summed E-state index contributed by atoms with van der Waals surface area (Å²) >= 11 is 3.30. The normalized spacial score (nSPS) is 10.2. The summed E-state index contributed by atoms with van der Waals surface area (Å²) in [7, 11) is 1.45. The minimum atomic E-state index is -0.146. The van der Waals surface area contributed by atoms with Crippen molar-refractivity contribution in [1.29, 1.82) is 0 Å². The van der Waals surface area contributed by atoms with Gasteiger partial charge in [0.25, 0.3) is 0 Å². The van der Waals surface area contributed by atoms with E-state index < -0.39 is 0 Å². The average molecular weight is 351 g/mol. The van der Waals surface area contributed by atoms with Gasteiger partial charge in [0.05, 0.1) is 12.8 Å². The van der Waals surface area contributed by atoms with Crippen molar-refractivity contribution in [2.45, 2.75) is 13.3 Å². The predicted octanol–water partition coefficient (Wildman–Crippen LogP) is 3.57. The molecule has 6 heteroatoms. The number of nitrogens with one attached hydrogen (secondary N) is 1. The molecular weight excluding hydrogens is 336 g/mol.